The number of para-hydroxylation sites is 1. The van der Waals surface area contributed by atoms with Crippen LogP contribution in [0.3, 0.4) is 0 Å². The van der Waals surface area contributed by atoms with Crippen molar-refractivity contribution >= 4 is 5.69 Å². The van der Waals surface area contributed by atoms with Crippen molar-refractivity contribution < 1.29 is 0 Å². The number of aryl methyl sites for hydroxylation is 1. The van der Waals surface area contributed by atoms with Crippen LogP contribution in [0.15, 0.2) is 54.6 Å². The van der Waals surface area contributed by atoms with Crippen molar-refractivity contribution in [3.63, 3.8) is 0 Å². The van der Waals surface area contributed by atoms with Gasteiger partial charge >= 0.3 is 0 Å². The fourth-order valence-corrected chi connectivity index (χ4v) is 1.56. The van der Waals surface area contributed by atoms with E-state index < -0.39 is 0 Å². The van der Waals surface area contributed by atoms with E-state index in [9.17, 15) is 0 Å². The van der Waals surface area contributed by atoms with E-state index in [-0.39, 0.29) is 0 Å². The maximum atomic E-state index is 3.40. The molecule has 0 aliphatic heterocycles. The molecule has 1 N–H and O–H groups in total. The van der Waals surface area contributed by atoms with Crippen molar-refractivity contribution in [2.45, 2.75) is 27.3 Å². The summed E-state index contributed by atoms with van der Waals surface area (Å²) in [5.41, 5.74) is 3.85. The standard InChI is InChI=1S/C14H15N.C2H6/c1-12-7-5-6-8-13(12)11-15-14-9-3-2-4-10-14;1-2/h2-10,15H,11H2,1H3;1-2H3. The molecule has 0 aliphatic rings. The van der Waals surface area contributed by atoms with Crippen LogP contribution < -0.4 is 5.32 Å². The molecule has 0 fully saturated rings. The first kappa shape index (κ1) is 13.3. The second-order valence-electron chi connectivity index (χ2n) is 3.65. The number of hydrogen-bond donors (Lipinski definition) is 1. The highest BCUT2D eigenvalue weighted by atomic mass is 14.9. The molecule has 0 bridgehead atoms. The largest absolute Gasteiger partial charge is 0.381 e. The van der Waals surface area contributed by atoms with Crippen LogP contribution in [0, 0.1) is 6.92 Å². The van der Waals surface area contributed by atoms with Gasteiger partial charge in [0.2, 0.25) is 0 Å². The summed E-state index contributed by atoms with van der Waals surface area (Å²) < 4.78 is 0. The minimum atomic E-state index is 0.886. The topological polar surface area (TPSA) is 12.0 Å². The number of hydrogen-bond acceptors (Lipinski definition) is 1. The Labute approximate surface area is 105 Å². The molecular weight excluding hydrogens is 206 g/mol. The second-order valence-corrected chi connectivity index (χ2v) is 3.65. The van der Waals surface area contributed by atoms with Gasteiger partial charge in [0.15, 0.2) is 0 Å². The van der Waals surface area contributed by atoms with Gasteiger partial charge in [-0.15, -0.1) is 0 Å². The molecule has 90 valence electrons. The first-order valence-electron chi connectivity index (χ1n) is 6.20. The predicted molar refractivity (Wildman–Crippen MR) is 76.3 cm³/mol. The van der Waals surface area contributed by atoms with Gasteiger partial charge < -0.3 is 5.32 Å². The molecule has 0 aromatic heterocycles. The van der Waals surface area contributed by atoms with Gasteiger partial charge in [-0.25, -0.2) is 0 Å². The van der Waals surface area contributed by atoms with Crippen LogP contribution in [-0.2, 0) is 6.54 Å². The van der Waals surface area contributed by atoms with Crippen molar-refractivity contribution in [2.24, 2.45) is 0 Å². The first-order chi connectivity index (χ1) is 8.36. The van der Waals surface area contributed by atoms with Gasteiger partial charge in [0.1, 0.15) is 0 Å². The lowest BCUT2D eigenvalue weighted by atomic mass is 10.1. The summed E-state index contributed by atoms with van der Waals surface area (Å²) in [6.07, 6.45) is 0. The Morgan fingerprint density at radius 3 is 2.06 bits per heavy atom. The molecule has 0 aliphatic carbocycles. The van der Waals surface area contributed by atoms with Crippen LogP contribution in [0.5, 0.6) is 0 Å². The number of rotatable bonds is 3. The first-order valence-corrected chi connectivity index (χ1v) is 6.20. The molecule has 0 heterocycles. The minimum absolute atomic E-state index is 0.886. The summed E-state index contributed by atoms with van der Waals surface area (Å²) in [7, 11) is 0. The van der Waals surface area contributed by atoms with E-state index in [1.54, 1.807) is 0 Å². The summed E-state index contributed by atoms with van der Waals surface area (Å²) in [5, 5.41) is 3.40. The van der Waals surface area contributed by atoms with Crippen molar-refractivity contribution in [2.75, 3.05) is 5.32 Å². The highest BCUT2D eigenvalue weighted by Gasteiger charge is 1.95. The molecule has 2 aromatic rings. The van der Waals surface area contributed by atoms with Gasteiger partial charge in [-0.05, 0) is 30.2 Å². The van der Waals surface area contributed by atoms with Crippen LogP contribution in [0.2, 0.25) is 0 Å². The molecule has 0 radical (unpaired) electrons. The third kappa shape index (κ3) is 4.31. The number of nitrogens with one attached hydrogen (secondary N) is 1. The molecule has 0 unspecified atom stereocenters. The monoisotopic (exact) mass is 227 g/mol. The van der Waals surface area contributed by atoms with E-state index in [1.807, 2.05) is 32.0 Å². The highest BCUT2D eigenvalue weighted by Crippen LogP contribution is 2.11. The minimum Gasteiger partial charge on any atom is -0.381 e. The van der Waals surface area contributed by atoms with Crippen molar-refractivity contribution in [1.82, 2.24) is 0 Å². The van der Waals surface area contributed by atoms with Gasteiger partial charge in [0, 0.05) is 12.2 Å². The SMILES string of the molecule is CC.Cc1ccccc1CNc1ccccc1. The third-order valence-corrected chi connectivity index (χ3v) is 2.52. The van der Waals surface area contributed by atoms with Crippen molar-refractivity contribution in [3.05, 3.63) is 65.7 Å². The Morgan fingerprint density at radius 1 is 0.824 bits per heavy atom. The molecule has 1 heteroatoms. The van der Waals surface area contributed by atoms with Crippen LogP contribution in [0.25, 0.3) is 0 Å². The Hall–Kier alpha value is -1.76. The summed E-state index contributed by atoms with van der Waals surface area (Å²) in [6.45, 7) is 7.03. The maximum Gasteiger partial charge on any atom is 0.0403 e. The van der Waals surface area contributed by atoms with Crippen LogP contribution in [0.4, 0.5) is 5.69 Å². The van der Waals surface area contributed by atoms with Gasteiger partial charge in [-0.3, -0.25) is 0 Å². The zero-order valence-electron chi connectivity index (χ0n) is 10.9. The molecule has 0 saturated heterocycles. The van der Waals surface area contributed by atoms with E-state index in [2.05, 4.69) is 48.6 Å². The second kappa shape index (κ2) is 7.50. The molecule has 17 heavy (non-hydrogen) atoms. The average molecular weight is 227 g/mol. The third-order valence-electron chi connectivity index (χ3n) is 2.52. The fourth-order valence-electron chi connectivity index (χ4n) is 1.56. The van der Waals surface area contributed by atoms with Crippen LogP contribution in [-0.4, -0.2) is 0 Å². The van der Waals surface area contributed by atoms with Gasteiger partial charge in [0.25, 0.3) is 0 Å². The van der Waals surface area contributed by atoms with Crippen molar-refractivity contribution in [3.8, 4) is 0 Å². The molecule has 1 nitrogen and oxygen atoms in total. The van der Waals surface area contributed by atoms with Gasteiger partial charge in [-0.2, -0.15) is 0 Å². The summed E-state index contributed by atoms with van der Waals surface area (Å²) in [6, 6.07) is 18.7. The van der Waals surface area contributed by atoms with E-state index in [4.69, 9.17) is 0 Å². The lowest BCUT2D eigenvalue weighted by molar-refractivity contribution is 1.12. The maximum absolute atomic E-state index is 3.40. The zero-order valence-corrected chi connectivity index (χ0v) is 10.9. The molecule has 0 amide bonds. The van der Waals surface area contributed by atoms with E-state index >= 15 is 0 Å². The molecule has 2 rings (SSSR count). The van der Waals surface area contributed by atoms with Crippen LogP contribution in [0.1, 0.15) is 25.0 Å². The van der Waals surface area contributed by atoms with Crippen molar-refractivity contribution in [1.29, 1.82) is 0 Å². The normalized spacial score (nSPS) is 9.12. The Balaban J connectivity index is 0.000000686. The lowest BCUT2D eigenvalue weighted by Crippen LogP contribution is -2.00. The van der Waals surface area contributed by atoms with Crippen LogP contribution >= 0.6 is 0 Å². The number of benzene rings is 2. The molecule has 2 aromatic carbocycles. The predicted octanol–water partition coefficient (Wildman–Crippen LogP) is 4.63. The Kier molecular flexibility index (Phi) is 5.87. The number of anilines is 1. The Morgan fingerprint density at radius 2 is 1.41 bits per heavy atom. The molecule has 0 saturated carbocycles. The highest BCUT2D eigenvalue weighted by molar-refractivity contribution is 5.43. The molecule has 0 atom stereocenters. The molecule has 0 spiro atoms. The van der Waals surface area contributed by atoms with E-state index in [0.29, 0.717) is 0 Å². The zero-order chi connectivity index (χ0) is 12.5. The van der Waals surface area contributed by atoms with E-state index in [1.165, 1.54) is 16.8 Å². The lowest BCUT2D eigenvalue weighted by Gasteiger charge is -2.08. The smallest absolute Gasteiger partial charge is 0.0403 e. The van der Waals surface area contributed by atoms with Gasteiger partial charge in [-0.1, -0.05) is 56.3 Å². The quantitative estimate of drug-likeness (QED) is 0.806. The fraction of sp³-hybridized carbons (Fsp3) is 0.250. The van der Waals surface area contributed by atoms with E-state index in [0.717, 1.165) is 6.54 Å². The summed E-state index contributed by atoms with van der Waals surface area (Å²) in [5.74, 6) is 0. The Bertz CT molecular complexity index is 421. The summed E-state index contributed by atoms with van der Waals surface area (Å²) in [4.78, 5) is 0. The average Bonchev–Trinajstić information content (AvgIpc) is 2.41. The van der Waals surface area contributed by atoms with Gasteiger partial charge in [0.05, 0.1) is 0 Å². The summed E-state index contributed by atoms with van der Waals surface area (Å²) >= 11 is 0. The molecular formula is C16H21N.